The number of nitrogens with one attached hydrogen (secondary N) is 1. The minimum Gasteiger partial charge on any atom is -0.353 e. The molecule has 1 aromatic heterocycles. The molecule has 106 valence electrons. The fraction of sp³-hybridized carbons (Fsp3) is 0.562. The van der Waals surface area contributed by atoms with Gasteiger partial charge in [-0.1, -0.05) is 32.9 Å². The molecule has 0 aliphatic rings. The summed E-state index contributed by atoms with van der Waals surface area (Å²) in [5.41, 5.74) is 1.26. The Bertz CT molecular complexity index is 374. The molecule has 0 fully saturated rings. The summed E-state index contributed by atoms with van der Waals surface area (Å²) in [4.78, 5) is 6.84. The minimum atomic E-state index is 0.667. The smallest absolute Gasteiger partial charge is 0.133 e. The van der Waals surface area contributed by atoms with Crippen LogP contribution in [0.2, 0.25) is 0 Å². The molecule has 0 aliphatic carbocycles. The number of rotatable bonds is 9. The van der Waals surface area contributed by atoms with Gasteiger partial charge in [0.1, 0.15) is 5.82 Å². The van der Waals surface area contributed by atoms with E-state index in [-0.39, 0.29) is 0 Å². The molecule has 0 bridgehead atoms. The van der Waals surface area contributed by atoms with Crippen molar-refractivity contribution >= 4 is 5.82 Å². The van der Waals surface area contributed by atoms with Crippen molar-refractivity contribution in [2.75, 3.05) is 24.5 Å². The fourth-order valence-electron chi connectivity index (χ4n) is 2.06. The van der Waals surface area contributed by atoms with Crippen LogP contribution in [0.4, 0.5) is 5.82 Å². The summed E-state index contributed by atoms with van der Waals surface area (Å²) < 4.78 is 0. The number of nitrogens with zero attached hydrogens (tertiary/aromatic N) is 2. The predicted octanol–water partition coefficient (Wildman–Crippen LogP) is 3.23. The third-order valence-electron chi connectivity index (χ3n) is 2.88. The summed E-state index contributed by atoms with van der Waals surface area (Å²) in [5.74, 6) is 1.75. The van der Waals surface area contributed by atoms with Gasteiger partial charge < -0.3 is 10.2 Å². The van der Waals surface area contributed by atoms with Gasteiger partial charge in [-0.15, -0.1) is 6.58 Å². The van der Waals surface area contributed by atoms with Crippen LogP contribution in [0.1, 0.15) is 32.8 Å². The summed E-state index contributed by atoms with van der Waals surface area (Å²) in [6.07, 6.45) is 4.92. The van der Waals surface area contributed by atoms with E-state index < -0.39 is 0 Å². The van der Waals surface area contributed by atoms with E-state index in [1.807, 2.05) is 18.3 Å². The quantitative estimate of drug-likeness (QED) is 0.692. The van der Waals surface area contributed by atoms with E-state index in [1.54, 1.807) is 0 Å². The number of hydrogen-bond acceptors (Lipinski definition) is 3. The highest BCUT2D eigenvalue weighted by molar-refractivity contribution is 5.47. The van der Waals surface area contributed by atoms with Gasteiger partial charge in [0.25, 0.3) is 0 Å². The highest BCUT2D eigenvalue weighted by Crippen LogP contribution is 2.17. The summed E-state index contributed by atoms with van der Waals surface area (Å²) in [6.45, 7) is 14.2. The minimum absolute atomic E-state index is 0.667. The molecule has 0 aliphatic heterocycles. The molecule has 0 saturated heterocycles. The zero-order valence-corrected chi connectivity index (χ0v) is 12.5. The van der Waals surface area contributed by atoms with Crippen LogP contribution >= 0.6 is 0 Å². The van der Waals surface area contributed by atoms with Crippen molar-refractivity contribution in [3.8, 4) is 0 Å². The molecule has 19 heavy (non-hydrogen) atoms. The van der Waals surface area contributed by atoms with E-state index in [9.17, 15) is 0 Å². The Kier molecular flexibility index (Phi) is 7.19. The molecule has 0 radical (unpaired) electrons. The number of pyridine rings is 1. The lowest BCUT2D eigenvalue weighted by Gasteiger charge is -2.24. The molecule has 1 aromatic rings. The van der Waals surface area contributed by atoms with Gasteiger partial charge in [0.05, 0.1) is 0 Å². The number of anilines is 1. The van der Waals surface area contributed by atoms with Crippen LogP contribution in [0.5, 0.6) is 0 Å². The van der Waals surface area contributed by atoms with Gasteiger partial charge in [-0.3, -0.25) is 0 Å². The molecule has 0 atom stereocenters. The highest BCUT2D eigenvalue weighted by atomic mass is 15.2. The Balaban J connectivity index is 2.77. The maximum Gasteiger partial charge on any atom is 0.133 e. The molecule has 0 amide bonds. The normalized spacial score (nSPS) is 10.7. The zero-order valence-electron chi connectivity index (χ0n) is 12.5. The molecule has 0 aromatic carbocycles. The van der Waals surface area contributed by atoms with E-state index in [0.29, 0.717) is 5.92 Å². The van der Waals surface area contributed by atoms with Crippen LogP contribution in [0.3, 0.4) is 0 Å². The first-order valence-corrected chi connectivity index (χ1v) is 7.19. The maximum absolute atomic E-state index is 4.55. The van der Waals surface area contributed by atoms with Crippen molar-refractivity contribution in [2.45, 2.75) is 33.7 Å². The monoisotopic (exact) mass is 261 g/mol. The van der Waals surface area contributed by atoms with E-state index >= 15 is 0 Å². The molecule has 1 N–H and O–H groups in total. The molecule has 3 nitrogen and oxygen atoms in total. The summed E-state index contributed by atoms with van der Waals surface area (Å²) >= 11 is 0. The molecular weight excluding hydrogens is 234 g/mol. The largest absolute Gasteiger partial charge is 0.353 e. The van der Waals surface area contributed by atoms with Crippen molar-refractivity contribution in [1.82, 2.24) is 10.3 Å². The summed E-state index contributed by atoms with van der Waals surface area (Å²) in [7, 11) is 0. The fourth-order valence-corrected chi connectivity index (χ4v) is 2.06. The molecule has 3 heteroatoms. The van der Waals surface area contributed by atoms with Crippen LogP contribution in [0.25, 0.3) is 0 Å². The lowest BCUT2D eigenvalue weighted by Crippen LogP contribution is -2.28. The van der Waals surface area contributed by atoms with Crippen molar-refractivity contribution in [2.24, 2.45) is 5.92 Å². The Morgan fingerprint density at radius 3 is 2.89 bits per heavy atom. The van der Waals surface area contributed by atoms with Crippen LogP contribution in [0.15, 0.2) is 31.0 Å². The Labute approximate surface area is 117 Å². The molecule has 0 saturated carbocycles. The van der Waals surface area contributed by atoms with Gasteiger partial charge >= 0.3 is 0 Å². The van der Waals surface area contributed by atoms with E-state index in [2.05, 4.69) is 48.6 Å². The van der Waals surface area contributed by atoms with Gasteiger partial charge in [-0.05, 0) is 24.9 Å². The second-order valence-corrected chi connectivity index (χ2v) is 5.25. The van der Waals surface area contributed by atoms with Gasteiger partial charge in [0, 0.05) is 31.4 Å². The first kappa shape index (κ1) is 15.7. The van der Waals surface area contributed by atoms with Crippen molar-refractivity contribution in [3.05, 3.63) is 36.5 Å². The van der Waals surface area contributed by atoms with Crippen molar-refractivity contribution < 1.29 is 0 Å². The second-order valence-electron chi connectivity index (χ2n) is 5.25. The van der Waals surface area contributed by atoms with Crippen molar-refractivity contribution in [3.63, 3.8) is 0 Å². The lowest BCUT2D eigenvalue weighted by atomic mass is 10.2. The van der Waals surface area contributed by atoms with Crippen LogP contribution in [-0.4, -0.2) is 24.6 Å². The predicted molar refractivity (Wildman–Crippen MR) is 83.5 cm³/mol. The van der Waals surface area contributed by atoms with Crippen molar-refractivity contribution in [1.29, 1.82) is 0 Å². The van der Waals surface area contributed by atoms with E-state index in [4.69, 9.17) is 0 Å². The third-order valence-corrected chi connectivity index (χ3v) is 2.88. The number of aromatic nitrogens is 1. The molecule has 0 unspecified atom stereocenters. The SMILES string of the molecule is C=CCN(CCC)c1ncccc1CNCC(C)C. The molecule has 1 heterocycles. The van der Waals surface area contributed by atoms with Gasteiger partial charge in [0.2, 0.25) is 0 Å². The van der Waals surface area contributed by atoms with Gasteiger partial charge in [0.15, 0.2) is 0 Å². The summed E-state index contributed by atoms with van der Waals surface area (Å²) in [5, 5.41) is 3.49. The standard InChI is InChI=1S/C16H27N3/c1-5-10-19(11-6-2)16-15(8-7-9-18-16)13-17-12-14(3)4/h5,7-9,14,17H,1,6,10-13H2,2-4H3. The van der Waals surface area contributed by atoms with Crippen LogP contribution in [0, 0.1) is 5.92 Å². The topological polar surface area (TPSA) is 28.2 Å². The maximum atomic E-state index is 4.55. The summed E-state index contributed by atoms with van der Waals surface area (Å²) in [6, 6.07) is 4.16. The third kappa shape index (κ3) is 5.43. The van der Waals surface area contributed by atoms with E-state index in [1.165, 1.54) is 5.56 Å². The van der Waals surface area contributed by atoms with Crippen LogP contribution in [-0.2, 0) is 6.54 Å². The Morgan fingerprint density at radius 1 is 1.47 bits per heavy atom. The molecule has 0 spiro atoms. The zero-order chi connectivity index (χ0) is 14.1. The first-order valence-electron chi connectivity index (χ1n) is 7.19. The second kappa shape index (κ2) is 8.70. The number of hydrogen-bond donors (Lipinski definition) is 1. The average molecular weight is 261 g/mol. The lowest BCUT2D eigenvalue weighted by molar-refractivity contribution is 0.551. The van der Waals surface area contributed by atoms with Gasteiger partial charge in [-0.25, -0.2) is 4.98 Å². The van der Waals surface area contributed by atoms with Gasteiger partial charge in [-0.2, -0.15) is 0 Å². The Hall–Kier alpha value is -1.35. The Morgan fingerprint density at radius 2 is 2.26 bits per heavy atom. The van der Waals surface area contributed by atoms with Crippen LogP contribution < -0.4 is 10.2 Å². The average Bonchev–Trinajstić information content (AvgIpc) is 2.39. The highest BCUT2D eigenvalue weighted by Gasteiger charge is 2.10. The van der Waals surface area contributed by atoms with E-state index in [0.717, 1.165) is 38.4 Å². The molecular formula is C16H27N3. The first-order chi connectivity index (χ1) is 9.19. The molecule has 1 rings (SSSR count).